The minimum absolute atomic E-state index is 0.0256. The summed E-state index contributed by atoms with van der Waals surface area (Å²) in [7, 11) is 1.65. The van der Waals surface area contributed by atoms with Crippen molar-refractivity contribution < 1.29 is 14.7 Å². The van der Waals surface area contributed by atoms with E-state index in [0.29, 0.717) is 0 Å². The van der Waals surface area contributed by atoms with Gasteiger partial charge in [0.1, 0.15) is 0 Å². The number of amides is 1. The molecule has 0 spiro atoms. The van der Waals surface area contributed by atoms with Gasteiger partial charge in [-0.15, -0.1) is 0 Å². The number of halogens is 1. The molecule has 0 saturated carbocycles. The molecule has 0 saturated heterocycles. The molecule has 1 aromatic rings. The zero-order valence-electron chi connectivity index (χ0n) is 8.81. The van der Waals surface area contributed by atoms with Crippen molar-refractivity contribution in [3.05, 3.63) is 27.8 Å². The van der Waals surface area contributed by atoms with Crippen LogP contribution in [-0.2, 0) is 9.59 Å². The van der Waals surface area contributed by atoms with Crippen LogP contribution in [0.25, 0.3) is 0 Å². The fourth-order valence-corrected chi connectivity index (χ4v) is 1.55. The van der Waals surface area contributed by atoms with Gasteiger partial charge in [-0.25, -0.2) is 0 Å². The number of carboxylic acid groups (broad SMARTS) is 1. The van der Waals surface area contributed by atoms with Gasteiger partial charge in [-0.1, -0.05) is 0 Å². The SMILES string of the molecule is CN(C(=O)CCC(=O)O)c1ccc(I)cc1. The molecule has 0 heterocycles. The van der Waals surface area contributed by atoms with Gasteiger partial charge in [-0.05, 0) is 46.9 Å². The highest BCUT2D eigenvalue weighted by Gasteiger charge is 2.12. The van der Waals surface area contributed by atoms with Crippen molar-refractivity contribution in [1.29, 1.82) is 0 Å². The van der Waals surface area contributed by atoms with E-state index in [2.05, 4.69) is 22.6 Å². The molecule has 0 aliphatic carbocycles. The average Bonchev–Trinajstić information content (AvgIpc) is 2.26. The number of rotatable bonds is 4. The first-order valence-electron chi connectivity index (χ1n) is 4.74. The smallest absolute Gasteiger partial charge is 0.303 e. The molecule has 0 aliphatic rings. The molecular weight excluding hydrogens is 321 g/mol. The van der Waals surface area contributed by atoms with E-state index in [9.17, 15) is 9.59 Å². The van der Waals surface area contributed by atoms with E-state index < -0.39 is 5.97 Å². The summed E-state index contributed by atoms with van der Waals surface area (Å²) < 4.78 is 1.09. The largest absolute Gasteiger partial charge is 0.481 e. The summed E-state index contributed by atoms with van der Waals surface area (Å²) in [6.45, 7) is 0. The third-order valence-electron chi connectivity index (χ3n) is 2.14. The lowest BCUT2D eigenvalue weighted by molar-refractivity contribution is -0.138. The normalized spacial score (nSPS) is 9.88. The van der Waals surface area contributed by atoms with E-state index >= 15 is 0 Å². The Morgan fingerprint density at radius 1 is 1.25 bits per heavy atom. The minimum Gasteiger partial charge on any atom is -0.481 e. The van der Waals surface area contributed by atoms with Crippen molar-refractivity contribution in [3.8, 4) is 0 Å². The predicted molar refractivity (Wildman–Crippen MR) is 69.4 cm³/mol. The highest BCUT2D eigenvalue weighted by Crippen LogP contribution is 2.16. The maximum Gasteiger partial charge on any atom is 0.303 e. The molecule has 4 nitrogen and oxygen atoms in total. The van der Waals surface area contributed by atoms with Crippen molar-refractivity contribution in [2.24, 2.45) is 0 Å². The van der Waals surface area contributed by atoms with Crippen LogP contribution in [0.1, 0.15) is 12.8 Å². The number of benzene rings is 1. The lowest BCUT2D eigenvalue weighted by Gasteiger charge is -2.16. The van der Waals surface area contributed by atoms with E-state index in [1.807, 2.05) is 24.3 Å². The zero-order chi connectivity index (χ0) is 12.1. The number of aliphatic carboxylic acids is 1. The number of hydrogen-bond donors (Lipinski definition) is 1. The molecule has 1 aromatic carbocycles. The number of nitrogens with zero attached hydrogens (tertiary/aromatic N) is 1. The van der Waals surface area contributed by atoms with Gasteiger partial charge in [0.05, 0.1) is 6.42 Å². The molecule has 16 heavy (non-hydrogen) atoms. The molecule has 0 aromatic heterocycles. The molecule has 1 amide bonds. The van der Waals surface area contributed by atoms with Gasteiger partial charge in [0.25, 0.3) is 0 Å². The molecule has 86 valence electrons. The summed E-state index contributed by atoms with van der Waals surface area (Å²) in [4.78, 5) is 23.4. The Kier molecular flexibility index (Phi) is 4.72. The van der Waals surface area contributed by atoms with E-state index in [-0.39, 0.29) is 18.7 Å². The van der Waals surface area contributed by atoms with Gasteiger partial charge in [-0.3, -0.25) is 9.59 Å². The van der Waals surface area contributed by atoms with Crippen LogP contribution in [0.2, 0.25) is 0 Å². The number of carbonyl (C=O) groups is 2. The summed E-state index contributed by atoms with van der Waals surface area (Å²) >= 11 is 2.18. The fraction of sp³-hybridized carbons (Fsp3) is 0.273. The van der Waals surface area contributed by atoms with Gasteiger partial charge < -0.3 is 10.0 Å². The van der Waals surface area contributed by atoms with Crippen LogP contribution < -0.4 is 4.90 Å². The average molecular weight is 333 g/mol. The Morgan fingerprint density at radius 3 is 2.31 bits per heavy atom. The fourth-order valence-electron chi connectivity index (χ4n) is 1.19. The summed E-state index contributed by atoms with van der Waals surface area (Å²) in [5.74, 6) is -1.15. The molecule has 0 aliphatic heterocycles. The van der Waals surface area contributed by atoms with E-state index in [1.54, 1.807) is 7.05 Å². The highest BCUT2D eigenvalue weighted by molar-refractivity contribution is 14.1. The maximum atomic E-state index is 11.6. The molecule has 0 fully saturated rings. The van der Waals surface area contributed by atoms with Crippen LogP contribution in [0.5, 0.6) is 0 Å². The van der Waals surface area contributed by atoms with Crippen LogP contribution in [0, 0.1) is 3.57 Å². The second-order valence-corrected chi connectivity index (χ2v) is 4.57. The van der Waals surface area contributed by atoms with Crippen LogP contribution in [0.3, 0.4) is 0 Å². The standard InChI is InChI=1S/C11H12INO3/c1-13(10(14)6-7-11(15)16)9-4-2-8(12)3-5-9/h2-5H,6-7H2,1H3,(H,15,16). The molecule has 0 unspecified atom stereocenters. The quantitative estimate of drug-likeness (QED) is 0.859. The number of hydrogen-bond acceptors (Lipinski definition) is 2. The Labute approximate surface area is 107 Å². The second-order valence-electron chi connectivity index (χ2n) is 3.32. The molecule has 5 heteroatoms. The van der Waals surface area contributed by atoms with Gasteiger partial charge in [-0.2, -0.15) is 0 Å². The molecule has 0 bridgehead atoms. The van der Waals surface area contributed by atoms with Crippen LogP contribution in [0.15, 0.2) is 24.3 Å². The molecule has 1 rings (SSSR count). The maximum absolute atomic E-state index is 11.6. The van der Waals surface area contributed by atoms with Crippen LogP contribution in [0.4, 0.5) is 5.69 Å². The molecule has 0 radical (unpaired) electrons. The first-order valence-corrected chi connectivity index (χ1v) is 5.82. The summed E-state index contributed by atoms with van der Waals surface area (Å²) in [6.07, 6.45) is -0.106. The molecule has 0 atom stereocenters. The van der Waals surface area contributed by atoms with Crippen LogP contribution in [-0.4, -0.2) is 24.0 Å². The molecule has 1 N–H and O–H groups in total. The van der Waals surface area contributed by atoms with Crippen LogP contribution >= 0.6 is 22.6 Å². The predicted octanol–water partition coefficient (Wildman–Crippen LogP) is 2.12. The monoisotopic (exact) mass is 333 g/mol. The van der Waals surface area contributed by atoms with Gasteiger partial charge in [0, 0.05) is 22.7 Å². The van der Waals surface area contributed by atoms with Gasteiger partial charge >= 0.3 is 5.97 Å². The summed E-state index contributed by atoms with van der Waals surface area (Å²) in [5, 5.41) is 8.48. The van der Waals surface area contributed by atoms with Crippen molar-refractivity contribution in [3.63, 3.8) is 0 Å². The number of anilines is 1. The first kappa shape index (κ1) is 13.0. The zero-order valence-corrected chi connectivity index (χ0v) is 11.0. The van der Waals surface area contributed by atoms with Crippen molar-refractivity contribution >= 4 is 40.2 Å². The van der Waals surface area contributed by atoms with Gasteiger partial charge in [0.2, 0.25) is 5.91 Å². The molecular formula is C11H12INO3. The number of carboxylic acids is 1. The highest BCUT2D eigenvalue weighted by atomic mass is 127. The number of carbonyl (C=O) groups excluding carboxylic acids is 1. The Hall–Kier alpha value is -1.11. The Bertz CT molecular complexity index is 389. The van der Waals surface area contributed by atoms with Crippen molar-refractivity contribution in [2.45, 2.75) is 12.8 Å². The van der Waals surface area contributed by atoms with E-state index in [0.717, 1.165) is 9.26 Å². The lowest BCUT2D eigenvalue weighted by Crippen LogP contribution is -2.26. The first-order chi connectivity index (χ1) is 7.50. The van der Waals surface area contributed by atoms with Crippen molar-refractivity contribution in [2.75, 3.05) is 11.9 Å². The van der Waals surface area contributed by atoms with E-state index in [1.165, 1.54) is 4.90 Å². The lowest BCUT2D eigenvalue weighted by atomic mass is 10.2. The Balaban J connectivity index is 2.63. The third kappa shape index (κ3) is 3.80. The van der Waals surface area contributed by atoms with Crippen molar-refractivity contribution in [1.82, 2.24) is 0 Å². The van der Waals surface area contributed by atoms with Gasteiger partial charge in [0.15, 0.2) is 0 Å². The topological polar surface area (TPSA) is 57.6 Å². The third-order valence-corrected chi connectivity index (χ3v) is 2.86. The Morgan fingerprint density at radius 2 is 1.81 bits per heavy atom. The second kappa shape index (κ2) is 5.83. The summed E-state index contributed by atoms with van der Waals surface area (Å²) in [5.41, 5.74) is 0.774. The minimum atomic E-state index is -0.954. The summed E-state index contributed by atoms with van der Waals surface area (Å²) in [6, 6.07) is 7.47. The van der Waals surface area contributed by atoms with E-state index in [4.69, 9.17) is 5.11 Å².